The fraction of sp³-hybridized carbons (Fsp3) is 0.0526. The normalized spacial score (nSPS) is 12.7. The minimum atomic E-state index is -0.123. The lowest BCUT2D eigenvalue weighted by atomic mass is 9.81. The van der Waals surface area contributed by atoms with Crippen LogP contribution in [0.2, 0.25) is 0 Å². The highest BCUT2D eigenvalue weighted by atomic mass is 14.9. The average molecular weight is 753 g/mol. The summed E-state index contributed by atoms with van der Waals surface area (Å²) in [5, 5.41) is 4.87. The van der Waals surface area contributed by atoms with Crippen molar-refractivity contribution in [1.29, 1.82) is 0 Å². The smallest absolute Gasteiger partial charge is 0.161 e. The fourth-order valence-corrected chi connectivity index (χ4v) is 9.24. The van der Waals surface area contributed by atoms with Crippen LogP contribution in [0.4, 0.5) is 0 Å². The van der Waals surface area contributed by atoms with Crippen molar-refractivity contribution >= 4 is 21.5 Å². The lowest BCUT2D eigenvalue weighted by Gasteiger charge is -2.22. The third-order valence-corrected chi connectivity index (χ3v) is 12.3. The Morgan fingerprint density at radius 3 is 1.49 bits per heavy atom. The Balaban J connectivity index is 1.06. The van der Waals surface area contributed by atoms with Gasteiger partial charge in [0.1, 0.15) is 0 Å². The molecule has 0 aliphatic heterocycles. The molecule has 0 amide bonds. The number of nitrogens with zero attached hydrogens (tertiary/aromatic N) is 2. The second kappa shape index (κ2) is 13.9. The number of benzene rings is 9. The fourth-order valence-electron chi connectivity index (χ4n) is 9.24. The molecule has 1 aliphatic carbocycles. The molecule has 0 unspecified atom stereocenters. The van der Waals surface area contributed by atoms with Crippen LogP contribution in [-0.4, -0.2) is 9.97 Å². The zero-order chi connectivity index (χ0) is 39.5. The predicted octanol–water partition coefficient (Wildman–Crippen LogP) is 15.1. The summed E-state index contributed by atoms with van der Waals surface area (Å²) in [5.41, 5.74) is 17.3. The van der Waals surface area contributed by atoms with Crippen LogP contribution < -0.4 is 0 Å². The molecule has 0 saturated heterocycles. The van der Waals surface area contributed by atoms with Crippen molar-refractivity contribution in [2.24, 2.45) is 0 Å². The molecule has 0 N–H and O–H groups in total. The van der Waals surface area contributed by atoms with E-state index in [1.165, 1.54) is 71.8 Å². The first-order valence-corrected chi connectivity index (χ1v) is 20.4. The van der Waals surface area contributed by atoms with Crippen molar-refractivity contribution in [1.82, 2.24) is 9.97 Å². The van der Waals surface area contributed by atoms with Crippen LogP contribution in [0.1, 0.15) is 25.0 Å². The number of hydrogen-bond acceptors (Lipinski definition) is 2. The second-order valence-corrected chi connectivity index (χ2v) is 16.2. The number of aromatic nitrogens is 2. The van der Waals surface area contributed by atoms with Gasteiger partial charge in [-0.2, -0.15) is 0 Å². The Morgan fingerprint density at radius 2 is 0.797 bits per heavy atom. The second-order valence-electron chi connectivity index (χ2n) is 16.2. The molecule has 9 aromatic carbocycles. The standard InChI is InChI=1S/C57H40N2/c1-57(2)52-35-42(26-29-48(52)51-32-40-22-12-13-23-41(40)34-53(51)57)45-30-31-49(47-25-15-14-24-46(45)47)56-58-54(39-20-10-5-11-21-39)36-55(59-56)43-27-28-44(37-16-6-3-7-17-37)50(33-43)38-18-8-4-9-19-38/h3-36H,1-2H3. The van der Waals surface area contributed by atoms with Gasteiger partial charge in [0.2, 0.25) is 0 Å². The molecule has 59 heavy (non-hydrogen) atoms. The first-order chi connectivity index (χ1) is 29.0. The summed E-state index contributed by atoms with van der Waals surface area (Å²) >= 11 is 0. The van der Waals surface area contributed by atoms with Crippen molar-refractivity contribution in [3.05, 3.63) is 217 Å². The van der Waals surface area contributed by atoms with Gasteiger partial charge in [0.05, 0.1) is 11.4 Å². The summed E-state index contributed by atoms with van der Waals surface area (Å²) in [7, 11) is 0. The maximum Gasteiger partial charge on any atom is 0.161 e. The quantitative estimate of drug-likeness (QED) is 0.169. The van der Waals surface area contributed by atoms with Crippen molar-refractivity contribution in [2.45, 2.75) is 19.3 Å². The van der Waals surface area contributed by atoms with Crippen LogP contribution in [0.15, 0.2) is 206 Å². The molecule has 0 fully saturated rings. The Kier molecular flexibility index (Phi) is 8.20. The van der Waals surface area contributed by atoms with E-state index in [4.69, 9.17) is 9.97 Å². The topological polar surface area (TPSA) is 25.8 Å². The molecular weight excluding hydrogens is 713 g/mol. The minimum Gasteiger partial charge on any atom is -0.228 e. The molecule has 1 heterocycles. The lowest BCUT2D eigenvalue weighted by Crippen LogP contribution is -2.15. The highest BCUT2D eigenvalue weighted by Crippen LogP contribution is 2.51. The number of hydrogen-bond donors (Lipinski definition) is 0. The molecule has 0 spiro atoms. The van der Waals surface area contributed by atoms with Gasteiger partial charge in [0.25, 0.3) is 0 Å². The van der Waals surface area contributed by atoms with Crippen molar-refractivity contribution in [2.75, 3.05) is 0 Å². The van der Waals surface area contributed by atoms with Gasteiger partial charge in [0.15, 0.2) is 5.82 Å². The maximum atomic E-state index is 5.39. The Hall–Kier alpha value is -7.42. The molecule has 0 saturated carbocycles. The molecule has 1 aliphatic rings. The highest BCUT2D eigenvalue weighted by Gasteiger charge is 2.36. The molecule has 1 aromatic heterocycles. The van der Waals surface area contributed by atoms with Gasteiger partial charge in [-0.3, -0.25) is 0 Å². The van der Waals surface area contributed by atoms with E-state index < -0.39 is 0 Å². The summed E-state index contributed by atoms with van der Waals surface area (Å²) in [5.74, 6) is 0.704. The van der Waals surface area contributed by atoms with Gasteiger partial charge >= 0.3 is 0 Å². The first-order valence-electron chi connectivity index (χ1n) is 20.4. The van der Waals surface area contributed by atoms with Gasteiger partial charge in [-0.1, -0.05) is 184 Å². The van der Waals surface area contributed by atoms with Gasteiger partial charge < -0.3 is 0 Å². The summed E-state index contributed by atoms with van der Waals surface area (Å²) in [6.45, 7) is 4.73. The van der Waals surface area contributed by atoms with Crippen molar-refractivity contribution in [3.8, 4) is 78.4 Å². The molecular formula is C57H40N2. The van der Waals surface area contributed by atoms with Crippen LogP contribution >= 0.6 is 0 Å². The molecule has 2 heteroatoms. The molecule has 11 rings (SSSR count). The van der Waals surface area contributed by atoms with E-state index in [1.54, 1.807) is 0 Å². The van der Waals surface area contributed by atoms with Gasteiger partial charge in [0, 0.05) is 22.1 Å². The molecule has 10 aromatic rings. The predicted molar refractivity (Wildman–Crippen MR) is 247 cm³/mol. The highest BCUT2D eigenvalue weighted by molar-refractivity contribution is 6.05. The number of fused-ring (bicyclic) bond motifs is 5. The van der Waals surface area contributed by atoms with Crippen LogP contribution in [0.3, 0.4) is 0 Å². The molecule has 2 nitrogen and oxygen atoms in total. The largest absolute Gasteiger partial charge is 0.228 e. The van der Waals surface area contributed by atoms with Crippen LogP contribution in [0, 0.1) is 0 Å². The minimum absolute atomic E-state index is 0.123. The summed E-state index contributed by atoms with van der Waals surface area (Å²) in [6, 6.07) is 74.3. The average Bonchev–Trinajstić information content (AvgIpc) is 3.52. The maximum absolute atomic E-state index is 5.39. The Bertz CT molecular complexity index is 3220. The van der Waals surface area contributed by atoms with Crippen molar-refractivity contribution < 1.29 is 0 Å². The van der Waals surface area contributed by atoms with Crippen LogP contribution in [0.25, 0.3) is 100.0 Å². The lowest BCUT2D eigenvalue weighted by molar-refractivity contribution is 0.661. The Labute approximate surface area is 345 Å². The molecule has 0 bridgehead atoms. The summed E-state index contributed by atoms with van der Waals surface area (Å²) in [6.07, 6.45) is 0. The van der Waals surface area contributed by atoms with E-state index in [0.717, 1.165) is 33.5 Å². The summed E-state index contributed by atoms with van der Waals surface area (Å²) < 4.78 is 0. The van der Waals surface area contributed by atoms with E-state index in [1.807, 2.05) is 6.07 Å². The van der Waals surface area contributed by atoms with Crippen LogP contribution in [-0.2, 0) is 5.41 Å². The van der Waals surface area contributed by atoms with Gasteiger partial charge in [-0.25, -0.2) is 9.97 Å². The molecule has 278 valence electrons. The first kappa shape index (κ1) is 34.8. The van der Waals surface area contributed by atoms with E-state index in [-0.39, 0.29) is 5.41 Å². The number of rotatable bonds is 6. The van der Waals surface area contributed by atoms with Gasteiger partial charge in [-0.05, 0) is 114 Å². The molecule has 0 radical (unpaired) electrons. The van der Waals surface area contributed by atoms with Crippen molar-refractivity contribution in [3.63, 3.8) is 0 Å². The zero-order valence-electron chi connectivity index (χ0n) is 33.0. The Morgan fingerprint density at radius 1 is 0.305 bits per heavy atom. The van der Waals surface area contributed by atoms with Crippen LogP contribution in [0.5, 0.6) is 0 Å². The monoisotopic (exact) mass is 752 g/mol. The molecule has 0 atom stereocenters. The van der Waals surface area contributed by atoms with E-state index >= 15 is 0 Å². The SMILES string of the molecule is CC1(C)c2cc(-c3ccc(-c4nc(-c5ccccc5)cc(-c5ccc(-c6ccccc6)c(-c6ccccc6)c5)n4)c4ccccc34)ccc2-c2cc3ccccc3cc21. The van der Waals surface area contributed by atoms with E-state index in [0.29, 0.717) is 5.82 Å². The summed E-state index contributed by atoms with van der Waals surface area (Å²) in [4.78, 5) is 10.7. The van der Waals surface area contributed by atoms with E-state index in [9.17, 15) is 0 Å². The van der Waals surface area contributed by atoms with Gasteiger partial charge in [-0.15, -0.1) is 0 Å². The van der Waals surface area contributed by atoms with E-state index in [2.05, 4.69) is 214 Å². The third kappa shape index (κ3) is 5.96. The third-order valence-electron chi connectivity index (χ3n) is 12.3. The zero-order valence-corrected chi connectivity index (χ0v) is 33.0.